The van der Waals surface area contributed by atoms with Gasteiger partial charge in [-0.15, -0.1) is 0 Å². The van der Waals surface area contributed by atoms with Gasteiger partial charge in [0, 0.05) is 6.20 Å². The first-order valence-corrected chi connectivity index (χ1v) is 5.26. The molecule has 5 nitrogen and oxygen atoms in total. The maximum Gasteiger partial charge on any atom is 0.273 e. The number of nitrogens with zero attached hydrogens (tertiary/aromatic N) is 1. The highest BCUT2D eigenvalue weighted by atomic mass is 16.1. The number of nitrogens with two attached hydrogens (primary N) is 1. The van der Waals surface area contributed by atoms with Gasteiger partial charge in [-0.2, -0.15) is 5.10 Å². The SMILES string of the molecule is Cc1ccc(N)c(NC(=O)c2ccn[nH]2)c1C. The molecule has 1 heterocycles. The molecule has 0 saturated heterocycles. The van der Waals surface area contributed by atoms with Crippen LogP contribution in [0, 0.1) is 13.8 Å². The Balaban J connectivity index is 2.31. The zero-order chi connectivity index (χ0) is 12.4. The van der Waals surface area contributed by atoms with Crippen LogP contribution in [0.1, 0.15) is 21.6 Å². The average molecular weight is 230 g/mol. The van der Waals surface area contributed by atoms with Gasteiger partial charge < -0.3 is 11.1 Å². The van der Waals surface area contributed by atoms with Crippen LogP contribution in [0.5, 0.6) is 0 Å². The first kappa shape index (κ1) is 11.2. The van der Waals surface area contributed by atoms with Crippen molar-refractivity contribution in [3.63, 3.8) is 0 Å². The molecule has 0 atom stereocenters. The minimum atomic E-state index is -0.247. The van der Waals surface area contributed by atoms with E-state index >= 15 is 0 Å². The lowest BCUT2D eigenvalue weighted by Gasteiger charge is -2.12. The number of aryl methyl sites for hydroxylation is 1. The Morgan fingerprint density at radius 3 is 2.76 bits per heavy atom. The fourth-order valence-corrected chi connectivity index (χ4v) is 1.57. The largest absolute Gasteiger partial charge is 0.397 e. The van der Waals surface area contributed by atoms with Crippen molar-refractivity contribution >= 4 is 17.3 Å². The van der Waals surface area contributed by atoms with Gasteiger partial charge in [0.25, 0.3) is 5.91 Å². The molecule has 88 valence electrons. The highest BCUT2D eigenvalue weighted by Crippen LogP contribution is 2.26. The molecule has 1 aromatic carbocycles. The molecule has 2 rings (SSSR count). The summed E-state index contributed by atoms with van der Waals surface area (Å²) < 4.78 is 0. The summed E-state index contributed by atoms with van der Waals surface area (Å²) >= 11 is 0. The molecule has 1 amide bonds. The number of aromatic amines is 1. The smallest absolute Gasteiger partial charge is 0.273 e. The van der Waals surface area contributed by atoms with Crippen LogP contribution in [0.3, 0.4) is 0 Å². The summed E-state index contributed by atoms with van der Waals surface area (Å²) in [5, 5.41) is 9.12. The van der Waals surface area contributed by atoms with Crippen molar-refractivity contribution in [1.82, 2.24) is 10.2 Å². The molecule has 0 aliphatic heterocycles. The predicted octanol–water partition coefficient (Wildman–Crippen LogP) is 1.86. The molecule has 0 bridgehead atoms. The van der Waals surface area contributed by atoms with E-state index < -0.39 is 0 Å². The van der Waals surface area contributed by atoms with Gasteiger partial charge >= 0.3 is 0 Å². The second-order valence-electron chi connectivity index (χ2n) is 3.90. The van der Waals surface area contributed by atoms with Crippen molar-refractivity contribution < 1.29 is 4.79 Å². The Bertz CT molecular complexity index is 546. The Labute approximate surface area is 99.0 Å². The molecule has 4 N–H and O–H groups in total. The number of H-pyrrole nitrogens is 1. The van der Waals surface area contributed by atoms with Crippen molar-refractivity contribution in [2.45, 2.75) is 13.8 Å². The van der Waals surface area contributed by atoms with Crippen LogP contribution in [0.4, 0.5) is 11.4 Å². The van der Waals surface area contributed by atoms with E-state index in [1.807, 2.05) is 19.9 Å². The van der Waals surface area contributed by atoms with Gasteiger partial charge in [0.2, 0.25) is 0 Å². The third-order valence-electron chi connectivity index (χ3n) is 2.75. The monoisotopic (exact) mass is 230 g/mol. The molecular formula is C12H14N4O. The van der Waals surface area contributed by atoms with Gasteiger partial charge in [0.1, 0.15) is 5.69 Å². The number of hydrogen-bond acceptors (Lipinski definition) is 3. The molecule has 2 aromatic rings. The molecular weight excluding hydrogens is 216 g/mol. The summed E-state index contributed by atoms with van der Waals surface area (Å²) in [6, 6.07) is 5.32. The lowest BCUT2D eigenvalue weighted by Crippen LogP contribution is -2.15. The van der Waals surface area contributed by atoms with Crippen LogP contribution in [-0.4, -0.2) is 16.1 Å². The third-order valence-corrected chi connectivity index (χ3v) is 2.75. The molecule has 1 aromatic heterocycles. The number of nitrogens with one attached hydrogen (secondary N) is 2. The maximum atomic E-state index is 11.9. The first-order valence-electron chi connectivity index (χ1n) is 5.26. The zero-order valence-corrected chi connectivity index (χ0v) is 9.74. The molecule has 0 saturated carbocycles. The van der Waals surface area contributed by atoms with Crippen molar-refractivity contribution in [3.8, 4) is 0 Å². The van der Waals surface area contributed by atoms with Gasteiger partial charge in [0.05, 0.1) is 11.4 Å². The van der Waals surface area contributed by atoms with Gasteiger partial charge in [-0.1, -0.05) is 6.07 Å². The van der Waals surface area contributed by atoms with Crippen LogP contribution in [0.2, 0.25) is 0 Å². The number of aromatic nitrogens is 2. The number of rotatable bonds is 2. The van der Waals surface area contributed by atoms with Crippen molar-refractivity contribution in [2.75, 3.05) is 11.1 Å². The second kappa shape index (κ2) is 4.29. The van der Waals surface area contributed by atoms with Crippen molar-refractivity contribution in [1.29, 1.82) is 0 Å². The molecule has 0 spiro atoms. The summed E-state index contributed by atoms with van der Waals surface area (Å²) in [5.74, 6) is -0.247. The lowest BCUT2D eigenvalue weighted by atomic mass is 10.1. The fourth-order valence-electron chi connectivity index (χ4n) is 1.57. The number of carbonyl (C=O) groups is 1. The molecule has 0 radical (unpaired) electrons. The fraction of sp³-hybridized carbons (Fsp3) is 0.167. The van der Waals surface area contributed by atoms with Crippen molar-refractivity contribution in [2.24, 2.45) is 0 Å². The maximum absolute atomic E-state index is 11.9. The molecule has 0 aliphatic rings. The number of carbonyl (C=O) groups excluding carboxylic acids is 1. The Morgan fingerprint density at radius 2 is 2.12 bits per heavy atom. The number of hydrogen-bond donors (Lipinski definition) is 3. The van der Waals surface area contributed by atoms with Gasteiger partial charge in [-0.3, -0.25) is 9.89 Å². The summed E-state index contributed by atoms with van der Waals surface area (Å²) in [4.78, 5) is 11.9. The van der Waals surface area contributed by atoms with Crippen LogP contribution >= 0.6 is 0 Å². The van der Waals surface area contributed by atoms with E-state index in [1.54, 1.807) is 12.1 Å². The van der Waals surface area contributed by atoms with Crippen LogP contribution in [0.15, 0.2) is 24.4 Å². The zero-order valence-electron chi connectivity index (χ0n) is 9.74. The topological polar surface area (TPSA) is 83.8 Å². The summed E-state index contributed by atoms with van der Waals surface area (Å²) in [6.45, 7) is 3.90. The molecule has 0 unspecified atom stereocenters. The van der Waals surface area contributed by atoms with Crippen LogP contribution < -0.4 is 11.1 Å². The van der Waals surface area contributed by atoms with E-state index in [4.69, 9.17) is 5.73 Å². The average Bonchev–Trinajstić information content (AvgIpc) is 2.83. The summed E-state index contributed by atoms with van der Waals surface area (Å²) in [5.41, 5.74) is 9.53. The Kier molecular flexibility index (Phi) is 2.82. The number of amides is 1. The molecule has 5 heteroatoms. The number of anilines is 2. The van der Waals surface area contributed by atoms with Gasteiger partial charge in [0.15, 0.2) is 0 Å². The second-order valence-corrected chi connectivity index (χ2v) is 3.90. The van der Waals surface area contributed by atoms with Gasteiger partial charge in [-0.05, 0) is 37.1 Å². The van der Waals surface area contributed by atoms with E-state index in [0.717, 1.165) is 11.1 Å². The molecule has 17 heavy (non-hydrogen) atoms. The number of benzene rings is 1. The third kappa shape index (κ3) is 2.13. The van der Waals surface area contributed by atoms with E-state index in [9.17, 15) is 4.79 Å². The Hall–Kier alpha value is -2.30. The first-order chi connectivity index (χ1) is 8.09. The van der Waals surface area contributed by atoms with Crippen LogP contribution in [0.25, 0.3) is 0 Å². The number of nitrogen functional groups attached to an aromatic ring is 1. The van der Waals surface area contributed by atoms with E-state index in [2.05, 4.69) is 15.5 Å². The van der Waals surface area contributed by atoms with E-state index in [-0.39, 0.29) is 5.91 Å². The quantitative estimate of drug-likeness (QED) is 0.688. The normalized spacial score (nSPS) is 10.2. The minimum Gasteiger partial charge on any atom is -0.397 e. The highest BCUT2D eigenvalue weighted by molar-refractivity contribution is 6.05. The molecule has 0 fully saturated rings. The molecule has 0 aliphatic carbocycles. The standard InChI is InChI=1S/C12H14N4O/c1-7-3-4-9(13)11(8(7)2)15-12(17)10-5-6-14-16-10/h3-6H,13H2,1-2H3,(H,14,16)(H,15,17). The predicted molar refractivity (Wildman–Crippen MR) is 66.9 cm³/mol. The van der Waals surface area contributed by atoms with E-state index in [0.29, 0.717) is 17.1 Å². The summed E-state index contributed by atoms with van der Waals surface area (Å²) in [7, 11) is 0. The lowest BCUT2D eigenvalue weighted by molar-refractivity contribution is 0.102. The summed E-state index contributed by atoms with van der Waals surface area (Å²) in [6.07, 6.45) is 1.53. The van der Waals surface area contributed by atoms with Crippen molar-refractivity contribution in [3.05, 3.63) is 41.2 Å². The van der Waals surface area contributed by atoms with Gasteiger partial charge in [-0.25, -0.2) is 0 Å². The van der Waals surface area contributed by atoms with Crippen LogP contribution in [-0.2, 0) is 0 Å². The highest BCUT2D eigenvalue weighted by Gasteiger charge is 2.11. The minimum absolute atomic E-state index is 0.247. The van der Waals surface area contributed by atoms with E-state index in [1.165, 1.54) is 6.20 Å². The Morgan fingerprint density at radius 1 is 1.35 bits per heavy atom.